The number of hydrogen-bond acceptors (Lipinski definition) is 3. The van der Waals surface area contributed by atoms with Crippen LogP contribution in [0.1, 0.15) is 25.8 Å². The summed E-state index contributed by atoms with van der Waals surface area (Å²) in [6.45, 7) is 3.66. The Hall–Kier alpha value is -0.870. The molecule has 3 nitrogen and oxygen atoms in total. The first-order valence-electron chi connectivity index (χ1n) is 5.57. The van der Waals surface area contributed by atoms with Gasteiger partial charge in [0.05, 0.1) is 10.6 Å². The molecule has 0 aliphatic heterocycles. The largest absolute Gasteiger partial charge is 0.327 e. The van der Waals surface area contributed by atoms with Crippen LogP contribution >= 0.6 is 0 Å². The molecule has 0 amide bonds. The second-order valence-corrected chi connectivity index (χ2v) is 6.13. The van der Waals surface area contributed by atoms with Gasteiger partial charge in [-0.1, -0.05) is 32.0 Å². The van der Waals surface area contributed by atoms with Gasteiger partial charge in [0.15, 0.2) is 9.84 Å². The maximum Gasteiger partial charge on any atom is 0.178 e. The second kappa shape index (κ2) is 5.46. The van der Waals surface area contributed by atoms with Gasteiger partial charge in [-0.15, -0.1) is 0 Å². The van der Waals surface area contributed by atoms with E-state index in [9.17, 15) is 8.42 Å². The van der Waals surface area contributed by atoms with Crippen LogP contribution < -0.4 is 5.73 Å². The van der Waals surface area contributed by atoms with Crippen LogP contribution in [-0.4, -0.2) is 20.2 Å². The molecule has 0 bridgehead atoms. The van der Waals surface area contributed by atoms with E-state index in [1.807, 2.05) is 19.1 Å². The van der Waals surface area contributed by atoms with E-state index in [4.69, 9.17) is 5.73 Å². The third-order valence-electron chi connectivity index (χ3n) is 2.69. The highest BCUT2D eigenvalue weighted by atomic mass is 32.2. The maximum atomic E-state index is 11.9. The molecule has 4 heteroatoms. The van der Waals surface area contributed by atoms with Crippen molar-refractivity contribution >= 4 is 9.84 Å². The van der Waals surface area contributed by atoms with Crippen molar-refractivity contribution in [2.75, 3.05) is 5.75 Å². The molecule has 0 radical (unpaired) electrons. The predicted molar refractivity (Wildman–Crippen MR) is 66.1 cm³/mol. The lowest BCUT2D eigenvalue weighted by molar-refractivity contribution is 0.592. The maximum absolute atomic E-state index is 11.9. The monoisotopic (exact) mass is 241 g/mol. The zero-order valence-electron chi connectivity index (χ0n) is 9.81. The first-order chi connectivity index (χ1) is 7.51. The number of benzene rings is 1. The molecule has 0 aliphatic carbocycles. The molecule has 0 heterocycles. The fourth-order valence-corrected chi connectivity index (χ4v) is 2.71. The summed E-state index contributed by atoms with van der Waals surface area (Å²) in [5, 5.41) is 0. The Kier molecular flexibility index (Phi) is 4.50. The van der Waals surface area contributed by atoms with E-state index < -0.39 is 9.84 Å². The summed E-state index contributed by atoms with van der Waals surface area (Å²) in [4.78, 5) is 0.432. The Bertz CT molecular complexity index is 440. The summed E-state index contributed by atoms with van der Waals surface area (Å²) in [5.41, 5.74) is 6.70. The van der Waals surface area contributed by atoms with Gasteiger partial charge >= 0.3 is 0 Å². The average molecular weight is 241 g/mol. The molecular weight excluding hydrogens is 222 g/mol. The smallest absolute Gasteiger partial charge is 0.178 e. The fraction of sp³-hybridized carbons (Fsp3) is 0.500. The molecule has 1 unspecified atom stereocenters. The summed E-state index contributed by atoms with van der Waals surface area (Å²) in [7, 11) is -3.14. The highest BCUT2D eigenvalue weighted by molar-refractivity contribution is 7.91. The molecular formula is C12H19NO2S. The van der Waals surface area contributed by atoms with Crippen LogP contribution in [0.2, 0.25) is 0 Å². The first kappa shape index (κ1) is 13.2. The average Bonchev–Trinajstić information content (AvgIpc) is 2.29. The zero-order chi connectivity index (χ0) is 12.2. The molecule has 90 valence electrons. The van der Waals surface area contributed by atoms with E-state index in [2.05, 4.69) is 0 Å². The van der Waals surface area contributed by atoms with Crippen molar-refractivity contribution in [1.29, 1.82) is 0 Å². The van der Waals surface area contributed by atoms with Gasteiger partial charge in [-0.25, -0.2) is 8.42 Å². The molecule has 0 saturated carbocycles. The Morgan fingerprint density at radius 1 is 1.25 bits per heavy atom. The van der Waals surface area contributed by atoms with Crippen LogP contribution in [0.15, 0.2) is 29.2 Å². The molecule has 1 aromatic rings. The zero-order valence-corrected chi connectivity index (χ0v) is 10.6. The fourth-order valence-electron chi connectivity index (χ4n) is 1.56. The van der Waals surface area contributed by atoms with E-state index in [0.717, 1.165) is 12.0 Å². The molecule has 1 atom stereocenters. The third kappa shape index (κ3) is 3.06. The van der Waals surface area contributed by atoms with Crippen molar-refractivity contribution in [3.8, 4) is 0 Å². The Morgan fingerprint density at radius 2 is 1.88 bits per heavy atom. The van der Waals surface area contributed by atoms with Crippen LogP contribution in [0.4, 0.5) is 0 Å². The lowest BCUT2D eigenvalue weighted by Gasteiger charge is -2.12. The number of rotatable bonds is 5. The Balaban J connectivity index is 3.11. The highest BCUT2D eigenvalue weighted by Gasteiger charge is 2.16. The number of nitrogens with two attached hydrogens (primary N) is 1. The molecule has 0 spiro atoms. The van der Waals surface area contributed by atoms with E-state index >= 15 is 0 Å². The van der Waals surface area contributed by atoms with Crippen molar-refractivity contribution in [3.63, 3.8) is 0 Å². The predicted octanol–water partition coefficient (Wildman–Crippen LogP) is 1.76. The van der Waals surface area contributed by atoms with Crippen molar-refractivity contribution < 1.29 is 8.42 Å². The lowest BCUT2D eigenvalue weighted by atomic mass is 10.1. The summed E-state index contributed by atoms with van der Waals surface area (Å²) in [5.74, 6) is 0.130. The normalized spacial score (nSPS) is 13.7. The third-order valence-corrected chi connectivity index (χ3v) is 4.52. The molecule has 2 N–H and O–H groups in total. The minimum absolute atomic E-state index is 0.0215. The minimum Gasteiger partial charge on any atom is -0.327 e. The lowest BCUT2D eigenvalue weighted by Crippen LogP contribution is -2.22. The van der Waals surface area contributed by atoms with Gasteiger partial charge in [-0.3, -0.25) is 0 Å². The van der Waals surface area contributed by atoms with Crippen molar-refractivity contribution in [2.45, 2.75) is 37.6 Å². The van der Waals surface area contributed by atoms with Crippen molar-refractivity contribution in [2.24, 2.45) is 5.73 Å². The summed E-state index contributed by atoms with van der Waals surface area (Å²) >= 11 is 0. The van der Waals surface area contributed by atoms with Gasteiger partial charge in [0.1, 0.15) is 0 Å². The Morgan fingerprint density at radius 3 is 2.44 bits per heavy atom. The molecule has 0 fully saturated rings. The number of sulfone groups is 1. The minimum atomic E-state index is -3.14. The van der Waals surface area contributed by atoms with Crippen LogP contribution in [0.3, 0.4) is 0 Å². The van der Waals surface area contributed by atoms with Crippen molar-refractivity contribution in [3.05, 3.63) is 29.8 Å². The summed E-state index contributed by atoms with van der Waals surface area (Å²) in [6, 6.07) is 7.14. The topological polar surface area (TPSA) is 60.2 Å². The van der Waals surface area contributed by atoms with Crippen LogP contribution in [0, 0.1) is 0 Å². The van der Waals surface area contributed by atoms with Gasteiger partial charge in [0, 0.05) is 6.04 Å². The molecule has 0 aromatic heterocycles. The van der Waals surface area contributed by atoms with Gasteiger partial charge < -0.3 is 5.73 Å². The first-order valence-corrected chi connectivity index (χ1v) is 7.22. The van der Waals surface area contributed by atoms with E-state index in [-0.39, 0.29) is 11.8 Å². The SMILES string of the molecule is CCC(N)Cc1ccccc1S(=O)(=O)CC. The standard InChI is InChI=1S/C12H19NO2S/c1-3-11(13)9-10-7-5-6-8-12(10)16(14,15)4-2/h5-8,11H,3-4,9,13H2,1-2H3. The molecule has 0 saturated heterocycles. The summed E-state index contributed by atoms with van der Waals surface area (Å²) < 4.78 is 23.7. The second-order valence-electron chi connectivity index (χ2n) is 3.88. The van der Waals surface area contributed by atoms with E-state index in [1.54, 1.807) is 19.1 Å². The van der Waals surface area contributed by atoms with Gasteiger partial charge in [0.2, 0.25) is 0 Å². The molecule has 0 aliphatic rings. The van der Waals surface area contributed by atoms with Crippen LogP contribution in [0.25, 0.3) is 0 Å². The van der Waals surface area contributed by atoms with E-state index in [1.165, 1.54) is 0 Å². The quantitative estimate of drug-likeness (QED) is 0.854. The van der Waals surface area contributed by atoms with Gasteiger partial charge in [-0.2, -0.15) is 0 Å². The molecule has 16 heavy (non-hydrogen) atoms. The molecule has 1 aromatic carbocycles. The highest BCUT2D eigenvalue weighted by Crippen LogP contribution is 2.18. The Labute approximate surface area is 97.6 Å². The number of hydrogen-bond donors (Lipinski definition) is 1. The van der Waals surface area contributed by atoms with Crippen LogP contribution in [-0.2, 0) is 16.3 Å². The van der Waals surface area contributed by atoms with E-state index in [0.29, 0.717) is 11.3 Å². The van der Waals surface area contributed by atoms with Crippen LogP contribution in [0.5, 0.6) is 0 Å². The van der Waals surface area contributed by atoms with Crippen molar-refractivity contribution in [1.82, 2.24) is 0 Å². The van der Waals surface area contributed by atoms with Gasteiger partial charge in [-0.05, 0) is 24.5 Å². The summed E-state index contributed by atoms with van der Waals surface area (Å²) in [6.07, 6.45) is 1.46. The van der Waals surface area contributed by atoms with Gasteiger partial charge in [0.25, 0.3) is 0 Å². The molecule has 1 rings (SSSR count).